The summed E-state index contributed by atoms with van der Waals surface area (Å²) < 4.78 is 3.87. The van der Waals surface area contributed by atoms with E-state index in [0.29, 0.717) is 0 Å². The number of likely N-dealkylation sites (tertiary alicyclic amines) is 1. The van der Waals surface area contributed by atoms with Crippen molar-refractivity contribution in [2.45, 2.75) is 65.6 Å². The number of hydrogen-bond donors (Lipinski definition) is 0. The highest BCUT2D eigenvalue weighted by Crippen LogP contribution is 2.30. The Morgan fingerprint density at radius 1 is 1.33 bits per heavy atom. The molecular weight excluding hydrogens is 304 g/mol. The summed E-state index contributed by atoms with van der Waals surface area (Å²) in [5.74, 6) is 1.02. The van der Waals surface area contributed by atoms with Gasteiger partial charge in [0, 0.05) is 18.8 Å². The normalized spacial score (nSPS) is 18.1. The Bertz CT molecular complexity index is 704. The smallest absolute Gasteiger partial charge is 0.244 e. The quantitative estimate of drug-likeness (QED) is 0.843. The maximum absolute atomic E-state index is 12.9. The van der Waals surface area contributed by atoms with E-state index < -0.39 is 0 Å². The van der Waals surface area contributed by atoms with Gasteiger partial charge in [-0.1, -0.05) is 6.92 Å². The zero-order valence-corrected chi connectivity index (χ0v) is 14.8. The minimum absolute atomic E-state index is 0.0252. The molecule has 1 aliphatic heterocycles. The van der Waals surface area contributed by atoms with E-state index in [4.69, 9.17) is 0 Å². The van der Waals surface area contributed by atoms with Gasteiger partial charge in [-0.15, -0.1) is 10.2 Å². The highest BCUT2D eigenvalue weighted by Gasteiger charge is 2.31. The molecule has 130 valence electrons. The van der Waals surface area contributed by atoms with E-state index >= 15 is 0 Å². The van der Waals surface area contributed by atoms with Crippen LogP contribution in [0.2, 0.25) is 0 Å². The number of amides is 1. The largest absolute Gasteiger partial charge is 0.331 e. The summed E-state index contributed by atoms with van der Waals surface area (Å²) in [6.07, 6.45) is 5.91. The van der Waals surface area contributed by atoms with Gasteiger partial charge in [0.25, 0.3) is 0 Å². The number of hydrogen-bond acceptors (Lipinski definition) is 4. The van der Waals surface area contributed by atoms with Gasteiger partial charge >= 0.3 is 0 Å². The van der Waals surface area contributed by atoms with Gasteiger partial charge in [0.1, 0.15) is 12.9 Å². The Morgan fingerprint density at radius 3 is 2.88 bits per heavy atom. The molecule has 0 radical (unpaired) electrons. The molecule has 1 aliphatic rings. The van der Waals surface area contributed by atoms with Gasteiger partial charge in [-0.3, -0.25) is 9.48 Å². The van der Waals surface area contributed by atoms with Crippen LogP contribution in [0.4, 0.5) is 0 Å². The molecule has 1 unspecified atom stereocenters. The van der Waals surface area contributed by atoms with E-state index in [1.165, 1.54) is 0 Å². The van der Waals surface area contributed by atoms with Gasteiger partial charge in [-0.05, 0) is 45.6 Å². The summed E-state index contributed by atoms with van der Waals surface area (Å²) in [6, 6.07) is 2.02. The second kappa shape index (κ2) is 7.15. The van der Waals surface area contributed by atoms with Crippen LogP contribution in [-0.4, -0.2) is 41.9 Å². The van der Waals surface area contributed by atoms with Crippen molar-refractivity contribution in [1.29, 1.82) is 0 Å². The average Bonchev–Trinajstić information content (AvgIpc) is 3.14. The predicted octanol–water partition coefficient (Wildman–Crippen LogP) is 2.26. The lowest BCUT2D eigenvalue weighted by molar-refractivity contribution is -0.136. The first kappa shape index (κ1) is 16.7. The van der Waals surface area contributed by atoms with E-state index in [2.05, 4.69) is 26.8 Å². The first-order valence-corrected chi connectivity index (χ1v) is 8.78. The molecule has 3 heterocycles. The second-order valence-electron chi connectivity index (χ2n) is 6.57. The van der Waals surface area contributed by atoms with Crippen molar-refractivity contribution in [3.8, 4) is 0 Å². The second-order valence-corrected chi connectivity index (χ2v) is 6.57. The molecule has 0 aromatic carbocycles. The zero-order valence-electron chi connectivity index (χ0n) is 14.8. The van der Waals surface area contributed by atoms with Gasteiger partial charge < -0.3 is 9.47 Å². The van der Waals surface area contributed by atoms with Crippen molar-refractivity contribution in [2.75, 3.05) is 6.54 Å². The number of carbonyl (C=O) groups excluding carboxylic acids is 1. The van der Waals surface area contributed by atoms with Gasteiger partial charge in [0.2, 0.25) is 5.91 Å². The SMILES string of the molecule is CCCn1cnnc1C1CCCCN1C(=O)Cn1nc(C)cc1C. The molecule has 1 amide bonds. The third-order valence-corrected chi connectivity index (χ3v) is 4.62. The maximum Gasteiger partial charge on any atom is 0.244 e. The van der Waals surface area contributed by atoms with Crippen LogP contribution in [0.25, 0.3) is 0 Å². The molecule has 24 heavy (non-hydrogen) atoms. The van der Waals surface area contributed by atoms with Crippen LogP contribution in [0, 0.1) is 13.8 Å². The molecule has 7 heteroatoms. The van der Waals surface area contributed by atoms with E-state index in [1.54, 1.807) is 11.0 Å². The predicted molar refractivity (Wildman–Crippen MR) is 90.3 cm³/mol. The lowest BCUT2D eigenvalue weighted by atomic mass is 10.0. The number of nitrogens with zero attached hydrogens (tertiary/aromatic N) is 6. The first-order chi connectivity index (χ1) is 11.6. The van der Waals surface area contributed by atoms with Crippen LogP contribution in [0.1, 0.15) is 55.9 Å². The van der Waals surface area contributed by atoms with Gasteiger partial charge in [0.15, 0.2) is 5.82 Å². The van der Waals surface area contributed by atoms with Crippen molar-refractivity contribution in [1.82, 2.24) is 29.4 Å². The number of aryl methyl sites for hydroxylation is 3. The third kappa shape index (κ3) is 3.34. The molecule has 0 N–H and O–H groups in total. The Labute approximate surface area is 142 Å². The van der Waals surface area contributed by atoms with E-state index in [-0.39, 0.29) is 18.5 Å². The molecule has 1 atom stereocenters. The fraction of sp³-hybridized carbons (Fsp3) is 0.647. The molecule has 1 saturated heterocycles. The highest BCUT2D eigenvalue weighted by atomic mass is 16.2. The standard InChI is InChI=1S/C17H26N6O/c1-4-8-21-12-18-19-17(21)15-7-5-6-9-22(15)16(24)11-23-14(3)10-13(2)20-23/h10,12,15H,4-9,11H2,1-3H3. The van der Waals surface area contributed by atoms with E-state index in [1.807, 2.05) is 24.8 Å². The lowest BCUT2D eigenvalue weighted by Gasteiger charge is -2.35. The number of carbonyl (C=O) groups is 1. The molecule has 7 nitrogen and oxygen atoms in total. The molecule has 3 rings (SSSR count). The minimum Gasteiger partial charge on any atom is -0.331 e. The molecule has 2 aromatic rings. The topological polar surface area (TPSA) is 68.8 Å². The summed E-state index contributed by atoms with van der Waals surface area (Å²) in [6.45, 7) is 8.03. The van der Waals surface area contributed by atoms with Gasteiger partial charge in [-0.25, -0.2) is 0 Å². The molecule has 0 bridgehead atoms. The zero-order chi connectivity index (χ0) is 17.1. The van der Waals surface area contributed by atoms with Crippen molar-refractivity contribution in [3.05, 3.63) is 29.6 Å². The molecule has 2 aromatic heterocycles. The van der Waals surface area contributed by atoms with Crippen LogP contribution in [0.3, 0.4) is 0 Å². The van der Waals surface area contributed by atoms with Gasteiger partial charge in [-0.2, -0.15) is 5.10 Å². The fourth-order valence-electron chi connectivity index (χ4n) is 3.49. The summed E-state index contributed by atoms with van der Waals surface area (Å²) in [7, 11) is 0. The molecule has 0 saturated carbocycles. The number of aromatic nitrogens is 5. The van der Waals surface area contributed by atoms with Crippen LogP contribution in [0.15, 0.2) is 12.4 Å². The third-order valence-electron chi connectivity index (χ3n) is 4.62. The fourth-order valence-corrected chi connectivity index (χ4v) is 3.49. The Kier molecular flexibility index (Phi) is 4.97. The highest BCUT2D eigenvalue weighted by molar-refractivity contribution is 5.76. The summed E-state index contributed by atoms with van der Waals surface area (Å²) in [4.78, 5) is 14.9. The van der Waals surface area contributed by atoms with Crippen molar-refractivity contribution in [2.24, 2.45) is 0 Å². The van der Waals surface area contributed by atoms with Crippen molar-refractivity contribution >= 4 is 5.91 Å². The first-order valence-electron chi connectivity index (χ1n) is 8.78. The summed E-state index contributed by atoms with van der Waals surface area (Å²) >= 11 is 0. The monoisotopic (exact) mass is 330 g/mol. The van der Waals surface area contributed by atoms with Crippen molar-refractivity contribution < 1.29 is 4.79 Å². The maximum atomic E-state index is 12.9. The van der Waals surface area contributed by atoms with Crippen LogP contribution >= 0.6 is 0 Å². The van der Waals surface area contributed by atoms with Crippen molar-refractivity contribution in [3.63, 3.8) is 0 Å². The van der Waals surface area contributed by atoms with Crippen LogP contribution in [-0.2, 0) is 17.9 Å². The summed E-state index contributed by atoms with van der Waals surface area (Å²) in [5, 5.41) is 12.8. The molecular formula is C17H26N6O. The Morgan fingerprint density at radius 2 is 2.17 bits per heavy atom. The molecule has 0 aliphatic carbocycles. The summed E-state index contributed by atoms with van der Waals surface area (Å²) in [5.41, 5.74) is 1.96. The van der Waals surface area contributed by atoms with E-state index in [0.717, 1.165) is 56.0 Å². The lowest BCUT2D eigenvalue weighted by Crippen LogP contribution is -2.41. The Balaban J connectivity index is 1.80. The molecule has 1 fully saturated rings. The average molecular weight is 330 g/mol. The minimum atomic E-state index is 0.0252. The van der Waals surface area contributed by atoms with Crippen LogP contribution in [0.5, 0.6) is 0 Å². The number of piperidine rings is 1. The van der Waals surface area contributed by atoms with E-state index in [9.17, 15) is 4.79 Å². The van der Waals surface area contributed by atoms with Gasteiger partial charge in [0.05, 0.1) is 11.7 Å². The number of rotatable bonds is 5. The van der Waals surface area contributed by atoms with Crippen LogP contribution < -0.4 is 0 Å². The molecule has 0 spiro atoms. The Hall–Kier alpha value is -2.18.